The lowest BCUT2D eigenvalue weighted by molar-refractivity contribution is 0.0955. The Bertz CT molecular complexity index is 460. The molecule has 96 valence electrons. The van der Waals surface area contributed by atoms with Gasteiger partial charge in [0, 0.05) is 36.1 Å². The van der Waals surface area contributed by atoms with E-state index in [1.807, 2.05) is 12.1 Å². The van der Waals surface area contributed by atoms with E-state index >= 15 is 0 Å². The first kappa shape index (κ1) is 12.2. The van der Waals surface area contributed by atoms with Gasteiger partial charge in [-0.2, -0.15) is 0 Å². The number of benzene rings is 1. The van der Waals surface area contributed by atoms with Crippen LogP contribution in [0.4, 0.5) is 0 Å². The van der Waals surface area contributed by atoms with E-state index < -0.39 is 0 Å². The summed E-state index contributed by atoms with van der Waals surface area (Å²) < 4.78 is 0. The van der Waals surface area contributed by atoms with Gasteiger partial charge in [-0.1, -0.05) is 23.7 Å². The Hall–Kier alpha value is -0.860. The monoisotopic (exact) mass is 263 g/mol. The number of nitrogens with zero attached hydrogens (tertiary/aromatic N) is 1. The van der Waals surface area contributed by atoms with Crippen LogP contribution in [0.15, 0.2) is 24.3 Å². The second-order valence-corrected chi connectivity index (χ2v) is 5.95. The summed E-state index contributed by atoms with van der Waals surface area (Å²) in [7, 11) is 0. The number of ketones is 1. The highest BCUT2D eigenvalue weighted by molar-refractivity contribution is 6.31. The summed E-state index contributed by atoms with van der Waals surface area (Å²) in [6, 6.07) is 8.01. The number of carbonyl (C=O) groups is 1. The topological polar surface area (TPSA) is 20.3 Å². The number of fused-ring (bicyclic) bond motifs is 2. The molecule has 1 aromatic carbocycles. The molecular formula is C15H18ClNO. The number of likely N-dealkylation sites (tertiary alicyclic amines) is 1. The molecule has 0 aromatic heterocycles. The summed E-state index contributed by atoms with van der Waals surface area (Å²) >= 11 is 5.90. The second kappa shape index (κ2) is 5.02. The van der Waals surface area contributed by atoms with Crippen molar-refractivity contribution in [1.29, 1.82) is 0 Å². The molecule has 1 saturated carbocycles. The minimum absolute atomic E-state index is 0.209. The van der Waals surface area contributed by atoms with Gasteiger partial charge in [-0.3, -0.25) is 9.69 Å². The van der Waals surface area contributed by atoms with Gasteiger partial charge in [-0.05, 0) is 37.3 Å². The molecule has 1 aliphatic carbocycles. The maximum Gasteiger partial charge on any atom is 0.164 e. The molecule has 0 spiro atoms. The lowest BCUT2D eigenvalue weighted by Gasteiger charge is -2.26. The number of rotatable bonds is 4. The van der Waals surface area contributed by atoms with Gasteiger partial charge in [0.25, 0.3) is 0 Å². The van der Waals surface area contributed by atoms with Crippen molar-refractivity contribution in [1.82, 2.24) is 4.90 Å². The Kier molecular flexibility index (Phi) is 3.40. The highest BCUT2D eigenvalue weighted by atomic mass is 35.5. The molecule has 2 aliphatic rings. The molecule has 2 fully saturated rings. The third-order valence-electron chi connectivity index (χ3n) is 4.30. The van der Waals surface area contributed by atoms with Crippen LogP contribution in [0, 0.1) is 5.92 Å². The average Bonchev–Trinajstić information content (AvgIpc) is 2.98. The normalized spacial score (nSPS) is 26.7. The van der Waals surface area contributed by atoms with Gasteiger partial charge in [0.1, 0.15) is 0 Å². The van der Waals surface area contributed by atoms with Crippen LogP contribution < -0.4 is 0 Å². The van der Waals surface area contributed by atoms with Crippen LogP contribution in [-0.4, -0.2) is 29.8 Å². The lowest BCUT2D eigenvalue weighted by atomic mass is 10.1. The molecule has 1 saturated heterocycles. The average molecular weight is 264 g/mol. The molecule has 0 amide bonds. The molecule has 0 radical (unpaired) electrons. The summed E-state index contributed by atoms with van der Waals surface area (Å²) in [5, 5.41) is 0.640. The summed E-state index contributed by atoms with van der Waals surface area (Å²) in [4.78, 5) is 14.6. The Labute approximate surface area is 113 Å². The quantitative estimate of drug-likeness (QED) is 0.776. The first-order valence-electron chi connectivity index (χ1n) is 6.75. The minimum Gasteiger partial charge on any atom is -0.300 e. The van der Waals surface area contributed by atoms with Crippen molar-refractivity contribution in [3.8, 4) is 0 Å². The fraction of sp³-hybridized carbons (Fsp3) is 0.533. The summed E-state index contributed by atoms with van der Waals surface area (Å²) in [5.74, 6) is 1.11. The van der Waals surface area contributed by atoms with E-state index in [9.17, 15) is 4.79 Å². The van der Waals surface area contributed by atoms with E-state index in [0.29, 0.717) is 11.4 Å². The van der Waals surface area contributed by atoms with E-state index in [1.165, 1.54) is 25.8 Å². The highest BCUT2D eigenvalue weighted by Crippen LogP contribution is 2.37. The van der Waals surface area contributed by atoms with Crippen molar-refractivity contribution >= 4 is 17.4 Å². The van der Waals surface area contributed by atoms with Crippen molar-refractivity contribution in [3.05, 3.63) is 34.9 Å². The number of halogens is 1. The maximum atomic E-state index is 12.1. The number of Topliss-reactive ketones (excluding diaryl/α,β-unsaturated/α-hetero) is 1. The maximum absolute atomic E-state index is 12.1. The fourth-order valence-corrected chi connectivity index (χ4v) is 3.54. The van der Waals surface area contributed by atoms with Crippen LogP contribution >= 0.6 is 11.6 Å². The Morgan fingerprint density at radius 2 is 2.28 bits per heavy atom. The third kappa shape index (κ3) is 2.45. The van der Waals surface area contributed by atoms with Gasteiger partial charge in [0.2, 0.25) is 0 Å². The summed E-state index contributed by atoms with van der Waals surface area (Å²) in [6.07, 6.45) is 4.69. The summed E-state index contributed by atoms with van der Waals surface area (Å²) in [6.45, 7) is 2.11. The summed E-state index contributed by atoms with van der Waals surface area (Å²) in [5.41, 5.74) is 0.742. The molecule has 1 aromatic rings. The van der Waals surface area contributed by atoms with E-state index in [1.54, 1.807) is 12.1 Å². The van der Waals surface area contributed by atoms with Crippen LogP contribution in [-0.2, 0) is 0 Å². The zero-order valence-electron chi connectivity index (χ0n) is 10.4. The Morgan fingerprint density at radius 3 is 2.94 bits per heavy atom. The van der Waals surface area contributed by atoms with Crippen molar-refractivity contribution < 1.29 is 4.79 Å². The Morgan fingerprint density at radius 1 is 1.39 bits per heavy atom. The smallest absolute Gasteiger partial charge is 0.164 e. The molecule has 2 unspecified atom stereocenters. The molecule has 3 heteroatoms. The zero-order chi connectivity index (χ0) is 12.5. The molecule has 1 aliphatic heterocycles. The van der Waals surface area contributed by atoms with Crippen molar-refractivity contribution in [3.63, 3.8) is 0 Å². The number of hydrogen-bond donors (Lipinski definition) is 0. The zero-order valence-corrected chi connectivity index (χ0v) is 11.2. The van der Waals surface area contributed by atoms with Crippen LogP contribution in [0.3, 0.4) is 0 Å². The van der Waals surface area contributed by atoms with Crippen molar-refractivity contribution in [2.45, 2.75) is 31.7 Å². The number of piperidine rings is 1. The van der Waals surface area contributed by atoms with Crippen LogP contribution in [0.1, 0.15) is 36.0 Å². The van der Waals surface area contributed by atoms with Crippen LogP contribution in [0.5, 0.6) is 0 Å². The second-order valence-electron chi connectivity index (χ2n) is 5.51. The molecule has 18 heavy (non-hydrogen) atoms. The molecule has 2 atom stereocenters. The third-order valence-corrected chi connectivity index (χ3v) is 4.53. The number of carbonyl (C=O) groups excluding carboxylic acids is 1. The van der Waals surface area contributed by atoms with Crippen LogP contribution in [0.25, 0.3) is 0 Å². The van der Waals surface area contributed by atoms with E-state index in [4.69, 9.17) is 11.6 Å². The predicted molar refractivity (Wildman–Crippen MR) is 73.1 cm³/mol. The Balaban J connectivity index is 1.56. The minimum atomic E-state index is 0.209. The van der Waals surface area contributed by atoms with Gasteiger partial charge in [-0.25, -0.2) is 0 Å². The van der Waals surface area contributed by atoms with Crippen LogP contribution in [0.2, 0.25) is 5.02 Å². The number of hydrogen-bond acceptors (Lipinski definition) is 2. The molecule has 0 N–H and O–H groups in total. The van der Waals surface area contributed by atoms with Gasteiger partial charge < -0.3 is 0 Å². The largest absolute Gasteiger partial charge is 0.300 e. The predicted octanol–water partition coefficient (Wildman–Crippen LogP) is 3.40. The highest BCUT2D eigenvalue weighted by Gasteiger charge is 2.37. The first-order chi connectivity index (χ1) is 8.72. The SMILES string of the molecule is O=C(CCN1CC2CCC1C2)c1cccc(Cl)c1. The van der Waals surface area contributed by atoms with Gasteiger partial charge in [0.05, 0.1) is 0 Å². The molecule has 2 bridgehead atoms. The molecular weight excluding hydrogens is 246 g/mol. The molecule has 1 heterocycles. The van der Waals surface area contributed by atoms with E-state index in [0.717, 1.165) is 24.1 Å². The van der Waals surface area contributed by atoms with E-state index in [2.05, 4.69) is 4.90 Å². The van der Waals surface area contributed by atoms with Gasteiger partial charge in [-0.15, -0.1) is 0 Å². The van der Waals surface area contributed by atoms with Gasteiger partial charge >= 0.3 is 0 Å². The standard InChI is InChI=1S/C15H18ClNO/c16-13-3-1-2-12(9-13)15(18)6-7-17-10-11-4-5-14(17)8-11/h1-3,9,11,14H,4-8,10H2. The lowest BCUT2D eigenvalue weighted by Crippen LogP contribution is -2.33. The van der Waals surface area contributed by atoms with Gasteiger partial charge in [0.15, 0.2) is 5.78 Å². The first-order valence-corrected chi connectivity index (χ1v) is 7.13. The van der Waals surface area contributed by atoms with Crippen molar-refractivity contribution in [2.24, 2.45) is 5.92 Å². The fourth-order valence-electron chi connectivity index (χ4n) is 3.35. The van der Waals surface area contributed by atoms with Crippen molar-refractivity contribution in [2.75, 3.05) is 13.1 Å². The molecule has 3 rings (SSSR count). The van der Waals surface area contributed by atoms with E-state index in [-0.39, 0.29) is 5.78 Å². The molecule has 2 nitrogen and oxygen atoms in total.